The molecule has 0 radical (unpaired) electrons. The molecule has 7 heteroatoms. The Morgan fingerprint density at radius 3 is 2.96 bits per heavy atom. The van der Waals surface area contributed by atoms with Crippen molar-refractivity contribution in [2.45, 2.75) is 50.6 Å². The summed E-state index contributed by atoms with van der Waals surface area (Å²) in [6.45, 7) is 0.805. The van der Waals surface area contributed by atoms with Gasteiger partial charge in [-0.3, -0.25) is 0 Å². The number of fused-ring (bicyclic) bond motifs is 1. The summed E-state index contributed by atoms with van der Waals surface area (Å²) in [5, 5.41) is 6.20. The lowest BCUT2D eigenvalue weighted by Crippen LogP contribution is -2.27. The summed E-state index contributed by atoms with van der Waals surface area (Å²) in [6.07, 6.45) is 6.10. The fourth-order valence-corrected chi connectivity index (χ4v) is 7.13. The molecule has 2 atom stereocenters. The van der Waals surface area contributed by atoms with E-state index >= 15 is 0 Å². The molecular weight excluding hydrogens is 497 g/mol. The van der Waals surface area contributed by atoms with Gasteiger partial charge in [-0.25, -0.2) is 4.98 Å². The summed E-state index contributed by atoms with van der Waals surface area (Å²) in [6, 6.07) is 6.42. The molecule has 0 saturated heterocycles. The molecule has 0 aromatic carbocycles. The maximum absolute atomic E-state index is 6.54. The lowest BCUT2D eigenvalue weighted by molar-refractivity contribution is 0.510. The molecule has 0 bridgehead atoms. The van der Waals surface area contributed by atoms with Crippen molar-refractivity contribution in [1.82, 2.24) is 4.98 Å². The van der Waals surface area contributed by atoms with Crippen LogP contribution in [0.3, 0.4) is 0 Å². The van der Waals surface area contributed by atoms with Crippen LogP contribution in [0.15, 0.2) is 23.6 Å². The lowest BCUT2D eigenvalue weighted by Gasteiger charge is -2.20. The highest BCUT2D eigenvalue weighted by molar-refractivity contribution is 14.1. The van der Waals surface area contributed by atoms with E-state index in [1.807, 2.05) is 17.4 Å². The van der Waals surface area contributed by atoms with Gasteiger partial charge in [0.2, 0.25) is 0 Å². The zero-order chi connectivity index (χ0) is 18.1. The fourth-order valence-electron chi connectivity index (χ4n) is 3.65. The van der Waals surface area contributed by atoms with Crippen molar-refractivity contribution >= 4 is 72.8 Å². The summed E-state index contributed by atoms with van der Waals surface area (Å²) in [5.41, 5.74) is 8.63. The number of hydrogen-bond donors (Lipinski definition) is 2. The fraction of sp³-hybridized carbons (Fsp3) is 0.421. The Kier molecular flexibility index (Phi) is 6.05. The van der Waals surface area contributed by atoms with E-state index in [1.165, 1.54) is 43.7 Å². The Balaban J connectivity index is 1.72. The van der Waals surface area contributed by atoms with E-state index in [9.17, 15) is 0 Å². The van der Waals surface area contributed by atoms with Gasteiger partial charge in [0.15, 0.2) is 0 Å². The third kappa shape index (κ3) is 3.90. The molecule has 3 heterocycles. The number of aromatic nitrogens is 1. The second-order valence-electron chi connectivity index (χ2n) is 6.79. The molecule has 1 aliphatic rings. The van der Waals surface area contributed by atoms with Crippen LogP contribution in [0.2, 0.25) is 5.15 Å². The number of nitrogens with zero attached hydrogens (tertiary/aromatic N) is 1. The van der Waals surface area contributed by atoms with Gasteiger partial charge in [-0.15, -0.1) is 22.7 Å². The number of rotatable bonds is 4. The topological polar surface area (TPSA) is 50.9 Å². The summed E-state index contributed by atoms with van der Waals surface area (Å²) in [7, 11) is 0. The smallest absolute Gasteiger partial charge is 0.131 e. The molecule has 3 aromatic rings. The van der Waals surface area contributed by atoms with Crippen LogP contribution in [0.5, 0.6) is 0 Å². The molecule has 3 N–H and O–H groups in total. The first-order valence-electron chi connectivity index (χ1n) is 8.93. The summed E-state index contributed by atoms with van der Waals surface area (Å²) >= 11 is 12.4. The number of halogens is 2. The number of anilines is 1. The quantitative estimate of drug-likeness (QED) is 0.233. The van der Waals surface area contributed by atoms with Gasteiger partial charge in [0.05, 0.1) is 19.5 Å². The van der Waals surface area contributed by atoms with E-state index in [0.717, 1.165) is 24.2 Å². The van der Waals surface area contributed by atoms with E-state index < -0.39 is 0 Å². The molecule has 1 fully saturated rings. The molecule has 0 spiro atoms. The number of nitrogens with one attached hydrogen (secondary N) is 1. The van der Waals surface area contributed by atoms with Crippen LogP contribution in [0.4, 0.5) is 5.69 Å². The minimum atomic E-state index is 0.247. The van der Waals surface area contributed by atoms with E-state index in [0.29, 0.717) is 11.1 Å². The van der Waals surface area contributed by atoms with Crippen LogP contribution in [0.1, 0.15) is 47.8 Å². The largest absolute Gasteiger partial charge is 0.379 e. The molecule has 0 unspecified atom stereocenters. The standard InChI is InChI=1S/C19H21ClIN3S2/c20-15-9-14(23-10-11-5-4-8-25-11)19-17(24-15)16(21)18(26-19)12-6-2-1-3-7-13(12)22/h4-5,8-9,12-13H,1-3,6-7,10,22H2,(H,23,24)/t12-,13-/m1/s1. The molecular formula is C19H21ClIN3S2. The molecule has 3 aromatic heterocycles. The van der Waals surface area contributed by atoms with Gasteiger partial charge in [0, 0.05) is 34.3 Å². The first-order chi connectivity index (χ1) is 12.6. The van der Waals surface area contributed by atoms with Crippen LogP contribution in [0, 0.1) is 3.57 Å². The highest BCUT2D eigenvalue weighted by Gasteiger charge is 2.27. The third-order valence-electron chi connectivity index (χ3n) is 5.02. The normalized spacial score (nSPS) is 21.0. The first kappa shape index (κ1) is 18.9. The maximum atomic E-state index is 6.54. The van der Waals surface area contributed by atoms with Crippen LogP contribution < -0.4 is 11.1 Å². The molecule has 26 heavy (non-hydrogen) atoms. The second kappa shape index (κ2) is 8.31. The third-order valence-corrected chi connectivity index (χ3v) is 8.89. The second-order valence-corrected chi connectivity index (χ2v) is 10.3. The van der Waals surface area contributed by atoms with E-state index in [-0.39, 0.29) is 6.04 Å². The Labute approximate surface area is 180 Å². The number of hydrogen-bond acceptors (Lipinski definition) is 5. The molecule has 3 nitrogen and oxygen atoms in total. The Hall–Kier alpha value is -0.410. The summed E-state index contributed by atoms with van der Waals surface area (Å²) in [5.74, 6) is 0.438. The van der Waals surface area contributed by atoms with Crippen LogP contribution >= 0.6 is 56.9 Å². The number of thiophene rings is 2. The zero-order valence-corrected chi connectivity index (χ0v) is 18.9. The molecule has 1 aliphatic carbocycles. The van der Waals surface area contributed by atoms with Gasteiger partial charge in [0.1, 0.15) is 5.15 Å². The Bertz CT molecular complexity index is 894. The predicted octanol–water partition coefficient (Wildman–Crippen LogP) is 6.60. The van der Waals surface area contributed by atoms with Crippen molar-refractivity contribution < 1.29 is 0 Å². The average Bonchev–Trinajstić information content (AvgIpc) is 3.19. The number of nitrogens with two attached hydrogens (primary N) is 1. The molecule has 1 saturated carbocycles. The highest BCUT2D eigenvalue weighted by Crippen LogP contribution is 2.44. The highest BCUT2D eigenvalue weighted by atomic mass is 127. The maximum Gasteiger partial charge on any atom is 0.131 e. The SMILES string of the molecule is N[C@@H]1CCCCC[C@H]1c1sc2c(NCc3cccs3)cc(Cl)nc2c1I. The van der Waals surface area contributed by atoms with Gasteiger partial charge >= 0.3 is 0 Å². The first-order valence-corrected chi connectivity index (χ1v) is 12.1. The van der Waals surface area contributed by atoms with Crippen molar-refractivity contribution in [2.24, 2.45) is 5.73 Å². The molecule has 0 amide bonds. The minimum Gasteiger partial charge on any atom is -0.379 e. The van der Waals surface area contributed by atoms with Crippen molar-refractivity contribution in [1.29, 1.82) is 0 Å². The van der Waals surface area contributed by atoms with Gasteiger partial charge in [0.25, 0.3) is 0 Å². The van der Waals surface area contributed by atoms with E-state index in [2.05, 4.69) is 50.4 Å². The predicted molar refractivity (Wildman–Crippen MR) is 123 cm³/mol. The van der Waals surface area contributed by atoms with Gasteiger partial charge in [-0.05, 0) is 46.9 Å². The van der Waals surface area contributed by atoms with E-state index in [1.54, 1.807) is 11.3 Å². The van der Waals surface area contributed by atoms with E-state index in [4.69, 9.17) is 17.3 Å². The van der Waals surface area contributed by atoms with Crippen LogP contribution in [-0.2, 0) is 6.54 Å². The lowest BCUT2D eigenvalue weighted by atomic mass is 9.94. The Morgan fingerprint density at radius 2 is 2.15 bits per heavy atom. The Morgan fingerprint density at radius 1 is 1.31 bits per heavy atom. The summed E-state index contributed by atoms with van der Waals surface area (Å²) in [4.78, 5) is 7.34. The average molecular weight is 518 g/mol. The molecule has 138 valence electrons. The van der Waals surface area contributed by atoms with Gasteiger partial charge in [-0.2, -0.15) is 0 Å². The van der Waals surface area contributed by atoms with Crippen molar-refractivity contribution in [2.75, 3.05) is 5.32 Å². The minimum absolute atomic E-state index is 0.247. The van der Waals surface area contributed by atoms with Crippen LogP contribution in [-0.4, -0.2) is 11.0 Å². The number of pyridine rings is 1. The molecule has 4 rings (SSSR count). The van der Waals surface area contributed by atoms with Crippen molar-refractivity contribution in [3.8, 4) is 0 Å². The monoisotopic (exact) mass is 517 g/mol. The van der Waals surface area contributed by atoms with Gasteiger partial charge < -0.3 is 11.1 Å². The van der Waals surface area contributed by atoms with Gasteiger partial charge in [-0.1, -0.05) is 36.9 Å². The van der Waals surface area contributed by atoms with Crippen LogP contribution in [0.25, 0.3) is 10.2 Å². The van der Waals surface area contributed by atoms with Crippen molar-refractivity contribution in [3.05, 3.63) is 42.1 Å². The molecule has 0 aliphatic heterocycles. The zero-order valence-electron chi connectivity index (χ0n) is 14.3. The van der Waals surface area contributed by atoms with Crippen molar-refractivity contribution in [3.63, 3.8) is 0 Å². The summed E-state index contributed by atoms with van der Waals surface area (Å²) < 4.78 is 2.42.